The predicted octanol–water partition coefficient (Wildman–Crippen LogP) is 3.21. The van der Waals surface area contributed by atoms with Crippen molar-refractivity contribution < 1.29 is 17.9 Å². The number of nitrogens with zero attached hydrogens (tertiary/aromatic N) is 7. The molecule has 3 aromatic rings. The number of sulfone groups is 1. The normalized spacial score (nSPS) is 13.9. The van der Waals surface area contributed by atoms with Gasteiger partial charge in [0.1, 0.15) is 23.7 Å². The highest BCUT2D eigenvalue weighted by molar-refractivity contribution is 7.91. The van der Waals surface area contributed by atoms with Crippen LogP contribution in [-0.2, 0) is 22.0 Å². The molecule has 2 atom stereocenters. The van der Waals surface area contributed by atoms with Gasteiger partial charge in [0.05, 0.1) is 24.5 Å². The molecule has 0 aliphatic rings. The van der Waals surface area contributed by atoms with Crippen LogP contribution in [0.3, 0.4) is 0 Å². The van der Waals surface area contributed by atoms with Crippen molar-refractivity contribution in [2.75, 3.05) is 14.2 Å². The van der Waals surface area contributed by atoms with Gasteiger partial charge in [-0.3, -0.25) is 4.57 Å². The molecule has 35 heavy (non-hydrogen) atoms. The Labute approximate surface area is 210 Å². The van der Waals surface area contributed by atoms with E-state index >= 15 is 0 Å². The van der Waals surface area contributed by atoms with Crippen LogP contribution in [0.5, 0.6) is 11.8 Å². The van der Waals surface area contributed by atoms with E-state index in [1.807, 2.05) is 20.8 Å². The Balaban J connectivity index is 2.08. The van der Waals surface area contributed by atoms with E-state index in [4.69, 9.17) is 21.1 Å². The molecule has 3 aromatic heterocycles. The summed E-state index contributed by atoms with van der Waals surface area (Å²) in [6.45, 7) is 9.54. The second kappa shape index (κ2) is 10.4. The third-order valence-electron chi connectivity index (χ3n) is 5.50. The molecule has 0 radical (unpaired) electrons. The van der Waals surface area contributed by atoms with Crippen molar-refractivity contribution in [2.24, 2.45) is 5.41 Å². The van der Waals surface area contributed by atoms with E-state index in [2.05, 4.69) is 30.1 Å². The van der Waals surface area contributed by atoms with Crippen LogP contribution < -0.4 is 9.47 Å². The molecule has 3 heterocycles. The van der Waals surface area contributed by atoms with E-state index in [1.165, 1.54) is 32.9 Å². The zero-order valence-corrected chi connectivity index (χ0v) is 22.4. The van der Waals surface area contributed by atoms with Gasteiger partial charge in [-0.1, -0.05) is 39.3 Å². The molecule has 0 fully saturated rings. The van der Waals surface area contributed by atoms with Crippen LogP contribution in [0, 0.1) is 5.41 Å². The summed E-state index contributed by atoms with van der Waals surface area (Å²) in [6.07, 6.45) is 4.71. The number of ether oxygens (including phenoxy) is 2. The van der Waals surface area contributed by atoms with E-state index in [-0.39, 0.29) is 28.8 Å². The lowest BCUT2D eigenvalue weighted by Crippen LogP contribution is -2.28. The van der Waals surface area contributed by atoms with Crippen LogP contribution in [0.4, 0.5) is 0 Å². The van der Waals surface area contributed by atoms with Crippen molar-refractivity contribution in [3.05, 3.63) is 41.2 Å². The molecule has 0 aliphatic heterocycles. The van der Waals surface area contributed by atoms with Gasteiger partial charge in [-0.05, 0) is 12.3 Å². The maximum absolute atomic E-state index is 13.5. The van der Waals surface area contributed by atoms with Gasteiger partial charge in [-0.2, -0.15) is 9.97 Å². The topological polar surface area (TPSA) is 135 Å². The van der Waals surface area contributed by atoms with E-state index in [0.29, 0.717) is 28.8 Å². The first kappa shape index (κ1) is 26.7. The van der Waals surface area contributed by atoms with Crippen molar-refractivity contribution in [2.45, 2.75) is 58.0 Å². The quantitative estimate of drug-likeness (QED) is 0.411. The minimum absolute atomic E-state index is 0.162. The summed E-state index contributed by atoms with van der Waals surface area (Å²) in [5, 5.41) is 8.15. The number of hydrogen-bond donors (Lipinski definition) is 0. The molecule has 0 saturated carbocycles. The third-order valence-corrected chi connectivity index (χ3v) is 7.90. The van der Waals surface area contributed by atoms with Crippen molar-refractivity contribution in [1.29, 1.82) is 0 Å². The molecule has 3 rings (SSSR count). The van der Waals surface area contributed by atoms with Gasteiger partial charge in [-0.25, -0.2) is 18.4 Å². The van der Waals surface area contributed by atoms with Gasteiger partial charge in [0.25, 0.3) is 0 Å². The molecule has 0 spiro atoms. The van der Waals surface area contributed by atoms with Gasteiger partial charge in [0.15, 0.2) is 21.3 Å². The maximum Gasteiger partial charge on any atom is 0.245 e. The summed E-state index contributed by atoms with van der Waals surface area (Å²) < 4.78 is 39.5. The zero-order chi connectivity index (χ0) is 26.0. The first-order valence-corrected chi connectivity index (χ1v) is 13.0. The van der Waals surface area contributed by atoms with Gasteiger partial charge < -0.3 is 9.47 Å². The molecule has 11 nitrogen and oxygen atoms in total. The van der Waals surface area contributed by atoms with Gasteiger partial charge >= 0.3 is 0 Å². The molecular formula is C22H30ClN7O4S. The average Bonchev–Trinajstić information content (AvgIpc) is 3.16. The molecule has 190 valence electrons. The highest BCUT2D eigenvalue weighted by Gasteiger charge is 2.33. The second-order valence-corrected chi connectivity index (χ2v) is 12.2. The lowest BCUT2D eigenvalue weighted by Gasteiger charge is -2.21. The monoisotopic (exact) mass is 523 g/mol. The molecule has 0 N–H and O–H groups in total. The minimum Gasteiger partial charge on any atom is -0.479 e. The van der Waals surface area contributed by atoms with Crippen LogP contribution in [0.1, 0.15) is 58.0 Å². The molecule has 0 aromatic carbocycles. The summed E-state index contributed by atoms with van der Waals surface area (Å²) >= 11 is 5.87. The van der Waals surface area contributed by atoms with Gasteiger partial charge in [0, 0.05) is 24.7 Å². The van der Waals surface area contributed by atoms with Crippen molar-refractivity contribution >= 4 is 21.4 Å². The summed E-state index contributed by atoms with van der Waals surface area (Å²) in [7, 11) is -0.802. The predicted molar refractivity (Wildman–Crippen MR) is 131 cm³/mol. The Kier molecular flexibility index (Phi) is 7.95. The van der Waals surface area contributed by atoms with Crippen LogP contribution in [0.15, 0.2) is 18.7 Å². The minimum atomic E-state index is -3.73. The zero-order valence-electron chi connectivity index (χ0n) is 20.9. The van der Waals surface area contributed by atoms with E-state index < -0.39 is 21.0 Å². The smallest absolute Gasteiger partial charge is 0.245 e. The second-order valence-electron chi connectivity index (χ2n) is 9.41. The molecule has 0 amide bonds. The Morgan fingerprint density at radius 2 is 1.51 bits per heavy atom. The Morgan fingerprint density at radius 1 is 0.971 bits per heavy atom. The van der Waals surface area contributed by atoms with E-state index in [1.54, 1.807) is 18.4 Å². The fraction of sp³-hybridized carbons (Fsp3) is 0.545. The number of aromatic nitrogens is 7. The average molecular weight is 524 g/mol. The molecule has 0 aliphatic carbocycles. The van der Waals surface area contributed by atoms with Crippen LogP contribution in [0.25, 0.3) is 5.69 Å². The van der Waals surface area contributed by atoms with Crippen LogP contribution in [0.2, 0.25) is 5.02 Å². The lowest BCUT2D eigenvalue weighted by atomic mass is 9.92. The number of rotatable bonds is 9. The summed E-state index contributed by atoms with van der Waals surface area (Å²) in [4.78, 5) is 16.7. The Hall–Kier alpha value is -2.86. The number of halogens is 1. The molecular weight excluding hydrogens is 494 g/mol. The first-order chi connectivity index (χ1) is 16.4. The van der Waals surface area contributed by atoms with E-state index in [0.717, 1.165) is 0 Å². The fourth-order valence-corrected chi connectivity index (χ4v) is 5.17. The largest absolute Gasteiger partial charge is 0.479 e. The van der Waals surface area contributed by atoms with Gasteiger partial charge in [-0.15, -0.1) is 10.2 Å². The highest BCUT2D eigenvalue weighted by Crippen LogP contribution is 2.33. The van der Waals surface area contributed by atoms with Crippen LogP contribution >= 0.6 is 11.6 Å². The van der Waals surface area contributed by atoms with Crippen LogP contribution in [-0.4, -0.2) is 62.6 Å². The Bertz CT molecular complexity index is 1250. The van der Waals surface area contributed by atoms with Crippen molar-refractivity contribution in [3.63, 3.8) is 0 Å². The summed E-state index contributed by atoms with van der Waals surface area (Å²) in [5.41, 5.74) is 0.179. The lowest BCUT2D eigenvalue weighted by molar-refractivity contribution is 0.363. The fourth-order valence-electron chi connectivity index (χ4n) is 3.52. The molecule has 0 unspecified atom stereocenters. The summed E-state index contributed by atoms with van der Waals surface area (Å²) in [6, 6.07) is 0. The molecule has 0 bridgehead atoms. The third kappa shape index (κ3) is 6.04. The number of methoxy groups -OCH3 is 2. The van der Waals surface area contributed by atoms with Crippen molar-refractivity contribution in [3.8, 4) is 17.4 Å². The Morgan fingerprint density at radius 3 is 2.03 bits per heavy atom. The van der Waals surface area contributed by atoms with Gasteiger partial charge in [0.2, 0.25) is 11.8 Å². The maximum atomic E-state index is 13.5. The standard InChI is InChI=1S/C22H30ClN7O4S/c1-13(19-24-9-15(23)10-25-19)14(2)35(31,32)11-17-29-28-16(8-22(3,4)5)30(17)18-20(33-6)26-12-27-21(18)34-7/h9-10,12-14H,8,11H2,1-7H3/t13-,14-/m0/s1. The summed E-state index contributed by atoms with van der Waals surface area (Å²) in [5.74, 6) is 0.683. The molecule has 0 saturated heterocycles. The first-order valence-electron chi connectivity index (χ1n) is 10.9. The SMILES string of the molecule is COc1ncnc(OC)c1-n1c(CC(C)(C)C)nnc1CS(=O)(=O)[C@@H](C)[C@H](C)c1ncc(Cl)cn1. The van der Waals surface area contributed by atoms with Crippen molar-refractivity contribution in [1.82, 2.24) is 34.7 Å². The molecule has 13 heteroatoms. The number of hydrogen-bond acceptors (Lipinski definition) is 10. The highest BCUT2D eigenvalue weighted by atomic mass is 35.5. The van der Waals surface area contributed by atoms with E-state index in [9.17, 15) is 8.42 Å².